The summed E-state index contributed by atoms with van der Waals surface area (Å²) in [5, 5.41) is 0. The Morgan fingerprint density at radius 2 is 1.38 bits per heavy atom. The normalized spacial score (nSPS) is 9.38. The van der Waals surface area contributed by atoms with Crippen LogP contribution in [0.25, 0.3) is 0 Å². The zero-order chi connectivity index (χ0) is 9.23. The molecule has 0 saturated heterocycles. The van der Waals surface area contributed by atoms with Crippen molar-refractivity contribution in [2.24, 2.45) is 0 Å². The molecule has 0 amide bonds. The fraction of sp³-hybridized carbons (Fsp3) is 0.889. The molecule has 0 radical (unpaired) electrons. The van der Waals surface area contributed by atoms with Crippen LogP contribution >= 0.6 is 23.5 Å². The van der Waals surface area contributed by atoms with Gasteiger partial charge in [-0.1, -0.05) is 50.2 Å². The number of hydrogen-bond acceptors (Lipinski definition) is 3. The second-order valence-electron chi connectivity index (χ2n) is 2.65. The average Bonchev–Trinajstić information content (AvgIpc) is 2.06. The second kappa shape index (κ2) is 13.0. The van der Waals surface area contributed by atoms with Gasteiger partial charge in [0.1, 0.15) is 0 Å². The van der Waals surface area contributed by atoms with Crippen LogP contribution in [0.5, 0.6) is 0 Å². The number of hydrogen-bond donors (Lipinski definition) is 0. The summed E-state index contributed by atoms with van der Waals surface area (Å²) in [4.78, 5) is 11.1. The molecule has 0 spiro atoms. The number of unbranched alkanes of at least 4 members (excludes halogenated alkanes) is 2. The molecule has 0 aliphatic rings. The van der Waals surface area contributed by atoms with E-state index in [9.17, 15) is 4.79 Å². The summed E-state index contributed by atoms with van der Waals surface area (Å²) in [5.74, 6) is 1.99. The van der Waals surface area contributed by atoms with Crippen molar-refractivity contribution in [1.82, 2.24) is 0 Å². The van der Waals surface area contributed by atoms with Gasteiger partial charge in [0.25, 0.3) is 0 Å². The molecule has 4 heteroatoms. The molecule has 0 heterocycles. The van der Waals surface area contributed by atoms with Gasteiger partial charge in [-0.15, -0.1) is 0 Å². The van der Waals surface area contributed by atoms with E-state index in [1.807, 2.05) is 0 Å². The average molecular weight is 272 g/mol. The largest absolute Gasteiger partial charge is 2.00 e. The van der Waals surface area contributed by atoms with Gasteiger partial charge in [0.15, 0.2) is 0 Å². The topological polar surface area (TPSA) is 17.1 Å². The Hall–Kier alpha value is 0.993. The van der Waals surface area contributed by atoms with Crippen molar-refractivity contribution in [2.75, 3.05) is 11.5 Å². The van der Waals surface area contributed by atoms with Crippen molar-refractivity contribution in [3.63, 3.8) is 0 Å². The summed E-state index contributed by atoms with van der Waals surface area (Å²) in [5.41, 5.74) is 0. The van der Waals surface area contributed by atoms with Crippen LogP contribution in [-0.2, 0) is 19.5 Å². The third kappa shape index (κ3) is 13.0. The molecule has 0 aliphatic carbocycles. The first-order valence-corrected chi connectivity index (χ1v) is 6.58. The molecule has 0 aromatic rings. The smallest absolute Gasteiger partial charge is 0.274 e. The van der Waals surface area contributed by atoms with E-state index in [4.69, 9.17) is 0 Å². The van der Waals surface area contributed by atoms with Gasteiger partial charge in [-0.25, -0.2) is 0 Å². The van der Waals surface area contributed by atoms with Crippen molar-refractivity contribution in [1.29, 1.82) is 0 Å². The molecule has 72 valence electrons. The molecule has 1 nitrogen and oxygen atoms in total. The Labute approximate surface area is 103 Å². The molecule has 13 heavy (non-hydrogen) atoms. The monoisotopic (exact) mass is 270 g/mol. The molecule has 0 bridgehead atoms. The van der Waals surface area contributed by atoms with E-state index in [2.05, 4.69) is 13.8 Å². The number of thioether (sulfide) groups is 2. The van der Waals surface area contributed by atoms with E-state index in [-0.39, 0.29) is 19.5 Å². The summed E-state index contributed by atoms with van der Waals surface area (Å²) in [6.07, 6.45) is 4.68. The molecular formula is C9H18OS2Zn+2. The summed E-state index contributed by atoms with van der Waals surface area (Å²) in [7, 11) is 0. The van der Waals surface area contributed by atoms with Crippen LogP contribution in [-0.4, -0.2) is 16.0 Å². The maximum Gasteiger partial charge on any atom is 2.00 e. The minimum absolute atomic E-state index is 0. The zero-order valence-corrected chi connectivity index (χ0v) is 13.3. The van der Waals surface area contributed by atoms with E-state index in [0.717, 1.165) is 24.3 Å². The molecule has 0 aromatic carbocycles. The van der Waals surface area contributed by atoms with E-state index in [0.29, 0.717) is 4.45 Å². The van der Waals surface area contributed by atoms with Crippen LogP contribution in [0.1, 0.15) is 39.5 Å². The number of carbonyl (C=O) groups is 1. The number of carbonyl (C=O) groups excluding carboxylic acids is 1. The standard InChI is InChI=1S/C9H18OS2.Zn/c1-3-5-7-11-9(10)12-8-6-4-2;/h3-8H2,1-2H3;/q;+2. The van der Waals surface area contributed by atoms with E-state index >= 15 is 0 Å². The SMILES string of the molecule is CCCCSC(=O)SCCCC.[Zn+2]. The summed E-state index contributed by atoms with van der Waals surface area (Å²) >= 11 is 2.95. The maximum atomic E-state index is 11.1. The van der Waals surface area contributed by atoms with Gasteiger partial charge >= 0.3 is 19.5 Å². The van der Waals surface area contributed by atoms with Gasteiger partial charge in [-0.05, 0) is 12.8 Å². The van der Waals surface area contributed by atoms with Gasteiger partial charge in [0, 0.05) is 11.5 Å². The zero-order valence-electron chi connectivity index (χ0n) is 8.67. The van der Waals surface area contributed by atoms with Crippen LogP contribution in [0.4, 0.5) is 4.79 Å². The Kier molecular flexibility index (Phi) is 16.4. The molecule has 0 unspecified atom stereocenters. The van der Waals surface area contributed by atoms with Crippen molar-refractivity contribution in [3.05, 3.63) is 0 Å². The van der Waals surface area contributed by atoms with Gasteiger partial charge in [-0.3, -0.25) is 4.79 Å². The van der Waals surface area contributed by atoms with Crippen LogP contribution < -0.4 is 0 Å². The first-order valence-electron chi connectivity index (χ1n) is 4.60. The molecule has 0 atom stereocenters. The molecule has 0 saturated carbocycles. The molecule has 0 aromatic heterocycles. The third-order valence-corrected chi connectivity index (χ3v) is 3.60. The van der Waals surface area contributed by atoms with Crippen molar-refractivity contribution in [2.45, 2.75) is 39.5 Å². The van der Waals surface area contributed by atoms with Gasteiger partial charge in [0.05, 0.1) is 0 Å². The minimum atomic E-state index is 0. The molecule has 0 fully saturated rings. The summed E-state index contributed by atoms with van der Waals surface area (Å²) in [6, 6.07) is 0. The van der Waals surface area contributed by atoms with Gasteiger partial charge in [0.2, 0.25) is 4.45 Å². The maximum absolute atomic E-state index is 11.1. The van der Waals surface area contributed by atoms with Gasteiger partial charge < -0.3 is 0 Å². The third-order valence-electron chi connectivity index (χ3n) is 1.44. The predicted molar refractivity (Wildman–Crippen MR) is 60.1 cm³/mol. The second-order valence-corrected chi connectivity index (χ2v) is 5.05. The Balaban J connectivity index is 0. The van der Waals surface area contributed by atoms with Crippen LogP contribution in [0, 0.1) is 0 Å². The fourth-order valence-corrected chi connectivity index (χ4v) is 2.67. The van der Waals surface area contributed by atoms with Crippen LogP contribution in [0.15, 0.2) is 0 Å². The quantitative estimate of drug-likeness (QED) is 0.533. The van der Waals surface area contributed by atoms with Crippen LogP contribution in [0.3, 0.4) is 0 Å². The molecule has 0 N–H and O–H groups in total. The predicted octanol–water partition coefficient (Wildman–Crippen LogP) is 4.17. The Morgan fingerprint density at radius 3 is 1.69 bits per heavy atom. The Bertz CT molecular complexity index is 108. The first kappa shape index (κ1) is 16.4. The molecule has 0 rings (SSSR count). The van der Waals surface area contributed by atoms with Crippen molar-refractivity contribution >= 4 is 28.0 Å². The van der Waals surface area contributed by atoms with E-state index in [1.54, 1.807) is 0 Å². The van der Waals surface area contributed by atoms with Crippen molar-refractivity contribution in [3.8, 4) is 0 Å². The van der Waals surface area contributed by atoms with E-state index in [1.165, 1.54) is 36.4 Å². The van der Waals surface area contributed by atoms with Gasteiger partial charge in [-0.2, -0.15) is 0 Å². The van der Waals surface area contributed by atoms with E-state index < -0.39 is 0 Å². The summed E-state index contributed by atoms with van der Waals surface area (Å²) in [6.45, 7) is 4.30. The van der Waals surface area contributed by atoms with Crippen LogP contribution in [0.2, 0.25) is 0 Å². The summed E-state index contributed by atoms with van der Waals surface area (Å²) < 4.78 is 0.303. The molecular weight excluding hydrogens is 254 g/mol. The fourth-order valence-electron chi connectivity index (χ4n) is 0.641. The molecule has 0 aliphatic heterocycles. The van der Waals surface area contributed by atoms with Crippen molar-refractivity contribution < 1.29 is 24.3 Å². The Morgan fingerprint density at radius 1 is 1.00 bits per heavy atom. The first-order chi connectivity index (χ1) is 5.81. The minimum Gasteiger partial charge on any atom is -0.274 e. The number of rotatable bonds is 6.